The molecule has 0 spiro atoms. The van der Waals surface area contributed by atoms with Gasteiger partial charge in [-0.05, 0) is 84.9 Å². The lowest BCUT2D eigenvalue weighted by atomic mass is 9.95. The minimum absolute atomic E-state index is 0.130. The standard InChI is InChI=1S/C35H44ClFN8O2/c1-19-7-10-27-25(16-38-42-27)28(19)29-26(36)15-24-31(30(29)37)40-33(39-22-11-13-43(14-12-22)23-8-9-23)41-32(24)44-17-21(3)45(18-20(44)2)34(46)47-35(4,5)6/h7,10,15-16,20-23H,8-9,11-14,17-18H2,1-6H3,(H,38,42)(H,39,40,41)/t20-,21+/m0/s1. The lowest BCUT2D eigenvalue weighted by Gasteiger charge is -2.45. The van der Waals surface area contributed by atoms with E-state index in [4.69, 9.17) is 26.3 Å². The Labute approximate surface area is 280 Å². The second kappa shape index (κ2) is 12.1. The van der Waals surface area contributed by atoms with Gasteiger partial charge in [-0.25, -0.2) is 14.2 Å². The topological polar surface area (TPSA) is 103 Å². The number of hydrogen-bond acceptors (Lipinski definition) is 8. The molecule has 0 unspecified atom stereocenters. The molecule has 4 aromatic rings. The van der Waals surface area contributed by atoms with E-state index in [0.717, 1.165) is 48.4 Å². The molecule has 1 aliphatic carbocycles. The zero-order valence-electron chi connectivity index (χ0n) is 28.0. The summed E-state index contributed by atoms with van der Waals surface area (Å²) in [4.78, 5) is 29.5. The van der Waals surface area contributed by atoms with Gasteiger partial charge in [-0.15, -0.1) is 0 Å². The monoisotopic (exact) mass is 662 g/mol. The van der Waals surface area contributed by atoms with E-state index < -0.39 is 11.4 Å². The number of H-pyrrole nitrogens is 1. The molecule has 47 heavy (non-hydrogen) atoms. The van der Waals surface area contributed by atoms with Crippen LogP contribution < -0.4 is 10.2 Å². The number of benzene rings is 2. The van der Waals surface area contributed by atoms with Crippen molar-refractivity contribution in [3.8, 4) is 11.1 Å². The first-order chi connectivity index (χ1) is 22.4. The third kappa shape index (κ3) is 6.20. The third-order valence-corrected chi connectivity index (χ3v) is 10.1. The Morgan fingerprint density at radius 2 is 1.79 bits per heavy atom. The Kier molecular flexibility index (Phi) is 8.19. The Morgan fingerprint density at radius 1 is 1.04 bits per heavy atom. The van der Waals surface area contributed by atoms with Gasteiger partial charge in [0.15, 0.2) is 5.82 Å². The SMILES string of the molecule is Cc1ccc2[nH]ncc2c1-c1c(Cl)cc2c(N3C[C@@H](C)N(C(=O)OC(C)(C)C)C[C@@H]3C)nc(NC3CCN(C4CC4)CC3)nc2c1F. The molecule has 250 valence electrons. The summed E-state index contributed by atoms with van der Waals surface area (Å²) in [7, 11) is 0. The molecular weight excluding hydrogens is 619 g/mol. The molecule has 7 rings (SSSR count). The molecule has 0 radical (unpaired) electrons. The number of hydrogen-bond donors (Lipinski definition) is 2. The molecule has 1 amide bonds. The van der Waals surface area contributed by atoms with Crippen LogP contribution in [0.2, 0.25) is 5.02 Å². The zero-order valence-corrected chi connectivity index (χ0v) is 28.8. The van der Waals surface area contributed by atoms with Gasteiger partial charge in [0.2, 0.25) is 5.95 Å². The maximum Gasteiger partial charge on any atom is 0.410 e. The highest BCUT2D eigenvalue weighted by atomic mass is 35.5. The van der Waals surface area contributed by atoms with Crippen LogP contribution in [0.15, 0.2) is 24.4 Å². The van der Waals surface area contributed by atoms with Crippen LogP contribution in [0.3, 0.4) is 0 Å². The molecule has 3 fully saturated rings. The van der Waals surface area contributed by atoms with E-state index in [-0.39, 0.29) is 34.8 Å². The van der Waals surface area contributed by atoms with Gasteiger partial charge in [0.1, 0.15) is 16.9 Å². The number of fused-ring (bicyclic) bond motifs is 2. The van der Waals surface area contributed by atoms with Crippen LogP contribution in [0.5, 0.6) is 0 Å². The van der Waals surface area contributed by atoms with Gasteiger partial charge in [0, 0.05) is 72.2 Å². The average Bonchev–Trinajstić information content (AvgIpc) is 3.75. The number of aryl methyl sites for hydroxylation is 1. The van der Waals surface area contributed by atoms with Crippen molar-refractivity contribution in [3.05, 3.63) is 40.8 Å². The van der Waals surface area contributed by atoms with Crippen molar-refractivity contribution >= 4 is 51.3 Å². The van der Waals surface area contributed by atoms with Crippen LogP contribution in [0, 0.1) is 12.7 Å². The number of nitrogens with zero attached hydrogens (tertiary/aromatic N) is 6. The van der Waals surface area contributed by atoms with Crippen LogP contribution in [-0.4, -0.2) is 92.0 Å². The Hall–Kier alpha value is -3.70. The predicted molar refractivity (Wildman–Crippen MR) is 185 cm³/mol. The number of carbonyl (C=O) groups is 1. The van der Waals surface area contributed by atoms with Crippen LogP contribution in [-0.2, 0) is 4.74 Å². The van der Waals surface area contributed by atoms with Crippen molar-refractivity contribution in [1.29, 1.82) is 0 Å². The number of anilines is 2. The molecule has 10 nitrogen and oxygen atoms in total. The lowest BCUT2D eigenvalue weighted by Crippen LogP contribution is -2.59. The molecule has 3 aliphatic rings. The molecule has 0 bridgehead atoms. The highest BCUT2D eigenvalue weighted by Gasteiger charge is 2.37. The molecule has 2 aliphatic heterocycles. The van der Waals surface area contributed by atoms with Crippen molar-refractivity contribution in [2.45, 2.75) is 97.0 Å². The first kappa shape index (κ1) is 31.9. The fourth-order valence-electron chi connectivity index (χ4n) is 7.18. The normalized spacial score (nSPS) is 21.5. The van der Waals surface area contributed by atoms with Gasteiger partial charge < -0.3 is 24.8 Å². The van der Waals surface area contributed by atoms with Crippen molar-refractivity contribution in [1.82, 2.24) is 30.0 Å². The number of amides is 1. The summed E-state index contributed by atoms with van der Waals surface area (Å²) >= 11 is 6.99. The lowest BCUT2D eigenvalue weighted by molar-refractivity contribution is 0.0130. The number of nitrogens with one attached hydrogen (secondary N) is 2. The largest absolute Gasteiger partial charge is 0.444 e. The number of piperazine rings is 1. The third-order valence-electron chi connectivity index (χ3n) is 9.76. The van der Waals surface area contributed by atoms with Crippen molar-refractivity contribution in [2.75, 3.05) is 36.4 Å². The molecule has 2 aromatic heterocycles. The van der Waals surface area contributed by atoms with Crippen molar-refractivity contribution in [2.24, 2.45) is 0 Å². The molecule has 4 heterocycles. The van der Waals surface area contributed by atoms with Gasteiger partial charge >= 0.3 is 6.09 Å². The van der Waals surface area contributed by atoms with E-state index in [9.17, 15) is 4.79 Å². The molecule has 2 N–H and O–H groups in total. The summed E-state index contributed by atoms with van der Waals surface area (Å²) in [6.45, 7) is 14.6. The van der Waals surface area contributed by atoms with Gasteiger partial charge in [-0.3, -0.25) is 5.10 Å². The number of halogens is 2. The number of likely N-dealkylation sites (tertiary alicyclic amines) is 1. The van der Waals surface area contributed by atoms with Crippen molar-refractivity contribution in [3.63, 3.8) is 0 Å². The van der Waals surface area contributed by atoms with Crippen LogP contribution in [0.25, 0.3) is 32.9 Å². The molecule has 1 saturated carbocycles. The quantitative estimate of drug-likeness (QED) is 0.232. The Balaban J connectivity index is 1.30. The van der Waals surface area contributed by atoms with Crippen LogP contribution in [0.4, 0.5) is 21.0 Å². The maximum absolute atomic E-state index is 17.1. The second-order valence-corrected chi connectivity index (χ2v) is 15.0. The summed E-state index contributed by atoms with van der Waals surface area (Å²) in [6.07, 6.45) is 5.91. The smallest absolute Gasteiger partial charge is 0.410 e. The van der Waals surface area contributed by atoms with E-state index in [0.29, 0.717) is 41.4 Å². The number of carbonyl (C=O) groups excluding carboxylic acids is 1. The zero-order chi connectivity index (χ0) is 33.2. The average molecular weight is 663 g/mol. The number of piperidine rings is 1. The number of aromatic nitrogens is 4. The minimum atomic E-state index is -0.597. The minimum Gasteiger partial charge on any atom is -0.444 e. The summed E-state index contributed by atoms with van der Waals surface area (Å²) in [5.41, 5.74) is 2.29. The van der Waals surface area contributed by atoms with Gasteiger partial charge in [-0.2, -0.15) is 10.1 Å². The second-order valence-electron chi connectivity index (χ2n) is 14.6. The number of aromatic amines is 1. The van der Waals surface area contributed by atoms with E-state index in [1.54, 1.807) is 17.2 Å². The fraction of sp³-hybridized carbons (Fsp3) is 0.543. The molecule has 2 atom stereocenters. The summed E-state index contributed by atoms with van der Waals surface area (Å²) in [5, 5.41) is 12.4. The summed E-state index contributed by atoms with van der Waals surface area (Å²) in [5.74, 6) is 0.506. The van der Waals surface area contributed by atoms with Crippen LogP contribution >= 0.6 is 11.6 Å². The molecule has 2 saturated heterocycles. The van der Waals surface area contributed by atoms with Gasteiger partial charge in [-0.1, -0.05) is 17.7 Å². The Morgan fingerprint density at radius 3 is 2.49 bits per heavy atom. The highest BCUT2D eigenvalue weighted by molar-refractivity contribution is 6.35. The summed E-state index contributed by atoms with van der Waals surface area (Å²) in [6, 6.07) is 6.29. The van der Waals surface area contributed by atoms with Gasteiger partial charge in [0.25, 0.3) is 0 Å². The molecular formula is C35H44ClFN8O2. The van der Waals surface area contributed by atoms with E-state index in [1.165, 1.54) is 12.8 Å². The Bertz CT molecular complexity index is 1830. The van der Waals surface area contributed by atoms with Crippen molar-refractivity contribution < 1.29 is 13.9 Å². The summed E-state index contributed by atoms with van der Waals surface area (Å²) < 4.78 is 22.8. The van der Waals surface area contributed by atoms with E-state index in [2.05, 4.69) is 25.3 Å². The maximum atomic E-state index is 17.1. The highest BCUT2D eigenvalue weighted by Crippen LogP contribution is 2.43. The predicted octanol–water partition coefficient (Wildman–Crippen LogP) is 7.15. The molecule has 12 heteroatoms. The first-order valence-corrected chi connectivity index (χ1v) is 17.2. The van der Waals surface area contributed by atoms with E-state index in [1.807, 2.05) is 53.7 Å². The fourth-order valence-corrected chi connectivity index (χ4v) is 7.47. The molecule has 2 aromatic carbocycles. The number of ether oxygens (including phenoxy) is 1. The van der Waals surface area contributed by atoms with Crippen LogP contribution in [0.1, 0.15) is 65.9 Å². The van der Waals surface area contributed by atoms with E-state index >= 15 is 4.39 Å². The number of rotatable bonds is 5. The first-order valence-electron chi connectivity index (χ1n) is 16.8. The van der Waals surface area contributed by atoms with Gasteiger partial charge in [0.05, 0.1) is 16.7 Å².